The van der Waals surface area contributed by atoms with Crippen molar-refractivity contribution in [1.82, 2.24) is 10.6 Å². The quantitative estimate of drug-likeness (QED) is 0.0529. The summed E-state index contributed by atoms with van der Waals surface area (Å²) in [6.45, 7) is 10.8. The lowest BCUT2D eigenvalue weighted by Gasteiger charge is -2.57. The summed E-state index contributed by atoms with van der Waals surface area (Å²) in [6.07, 6.45) is 18.4. The number of carbonyl (C=O) groups is 1. The Bertz CT molecular complexity index is 1600. The lowest BCUT2D eigenvalue weighted by atomic mass is 9.51. The van der Waals surface area contributed by atoms with Gasteiger partial charge in [-0.1, -0.05) is 71.9 Å². The summed E-state index contributed by atoms with van der Waals surface area (Å²) < 4.78 is 5.49. The van der Waals surface area contributed by atoms with Crippen molar-refractivity contribution in [2.45, 2.75) is 115 Å². The van der Waals surface area contributed by atoms with E-state index in [-0.39, 0.29) is 36.5 Å². The maximum Gasteiger partial charge on any atom is 0.145 e. The van der Waals surface area contributed by atoms with Gasteiger partial charge in [0, 0.05) is 43.7 Å². The Hall–Kier alpha value is -2.69. The number of carbonyl (C=O) groups excluding carboxylic acids is 1. The SMILES string of the molecule is C=C(/C=C/C=C(/CO)[C@@H]1CC[C@]2([C@@H]1O)[C@@H](CCCO)/C(=C(/C)C=O)CC[C@]2(O)CCNC)[C@@H]1Cc2cccc(c2)C[C@@](C)(CCOC)NCC2=C[C@@H]1CCC2. The minimum Gasteiger partial charge on any atom is -0.396 e. The Kier molecular flexibility index (Phi) is 15.5. The lowest BCUT2D eigenvalue weighted by Crippen LogP contribution is -2.61. The molecule has 8 atom stereocenters. The average Bonchev–Trinajstić information content (AvgIpc) is 3.53. The van der Waals surface area contributed by atoms with Gasteiger partial charge in [-0.15, -0.1) is 0 Å². The van der Waals surface area contributed by atoms with E-state index in [9.17, 15) is 25.2 Å². The van der Waals surface area contributed by atoms with Gasteiger partial charge in [0.15, 0.2) is 0 Å². The van der Waals surface area contributed by atoms with Crippen LogP contribution in [0.5, 0.6) is 0 Å². The standard InChI is InChI=1S/C47H70N2O6/c1-33(42-28-35-11-7-12-36(26-35)29-45(3,22-25-55-5)49-30-37-13-8-14-38(42)27-37)10-6-15-39(32-52)41-18-20-47(44(41)53)43(16-9-24-50)40(34(2)31-51)17-19-46(47,54)21-23-48-4/h6-7,10-12,15,26-27,31,38,41-44,48-50,52-54H,1,8-9,13-14,16-25,28-30,32H2,2-5H3/b10-6+,39-15-,40-34-/t38-,41-,42-,43-,44+,45+,46-,47+/m0/s1. The van der Waals surface area contributed by atoms with Crippen LogP contribution in [-0.4, -0.2) is 91.0 Å². The first-order valence-electron chi connectivity index (χ1n) is 21.0. The summed E-state index contributed by atoms with van der Waals surface area (Å²) in [6, 6.07) is 9.02. The molecule has 4 bridgehead atoms. The number of hydrogen-bond donors (Lipinski definition) is 6. The van der Waals surface area contributed by atoms with Crippen molar-refractivity contribution in [2.24, 2.45) is 29.1 Å². The van der Waals surface area contributed by atoms with Gasteiger partial charge >= 0.3 is 0 Å². The van der Waals surface area contributed by atoms with E-state index in [1.165, 1.54) is 16.7 Å². The van der Waals surface area contributed by atoms with Gasteiger partial charge in [0.1, 0.15) is 6.29 Å². The van der Waals surface area contributed by atoms with Gasteiger partial charge in [0.05, 0.1) is 18.3 Å². The Labute approximate surface area is 330 Å². The molecule has 5 rings (SSSR count). The zero-order valence-electron chi connectivity index (χ0n) is 34.1. The monoisotopic (exact) mass is 759 g/mol. The predicted molar refractivity (Wildman–Crippen MR) is 222 cm³/mol. The number of fused-ring (bicyclic) bond motifs is 3. The van der Waals surface area contributed by atoms with Crippen molar-refractivity contribution in [3.8, 4) is 0 Å². The van der Waals surface area contributed by atoms with Crippen LogP contribution in [0.25, 0.3) is 0 Å². The predicted octanol–water partition coefficient (Wildman–Crippen LogP) is 6.34. The van der Waals surface area contributed by atoms with Crippen molar-refractivity contribution >= 4 is 6.29 Å². The highest BCUT2D eigenvalue weighted by molar-refractivity contribution is 5.74. The first kappa shape index (κ1) is 43.4. The Balaban J connectivity index is 1.43. The molecule has 2 fully saturated rings. The number of methoxy groups -OCH3 is 1. The topological polar surface area (TPSA) is 131 Å². The van der Waals surface area contributed by atoms with Crippen LogP contribution < -0.4 is 10.6 Å². The Morgan fingerprint density at radius 3 is 2.65 bits per heavy atom. The number of rotatable bonds is 15. The summed E-state index contributed by atoms with van der Waals surface area (Å²) in [4.78, 5) is 12.1. The fourth-order valence-corrected chi connectivity index (χ4v) is 10.9. The molecular formula is C47H70N2O6. The molecule has 3 aliphatic carbocycles. The van der Waals surface area contributed by atoms with Gasteiger partial charge in [-0.25, -0.2) is 0 Å². The van der Waals surface area contributed by atoms with Crippen LogP contribution in [0.2, 0.25) is 0 Å². The minimum absolute atomic E-state index is 0.000534. The largest absolute Gasteiger partial charge is 0.396 e. The molecule has 8 heteroatoms. The number of nitrogens with one attached hydrogen (secondary N) is 2. The molecule has 304 valence electrons. The highest BCUT2D eigenvalue weighted by Gasteiger charge is 2.65. The second kappa shape index (κ2) is 19.6. The van der Waals surface area contributed by atoms with Gasteiger partial charge in [0.2, 0.25) is 0 Å². The molecule has 0 unspecified atom stereocenters. The van der Waals surface area contributed by atoms with E-state index in [0.717, 1.165) is 74.7 Å². The second-order valence-electron chi connectivity index (χ2n) is 17.4. The molecule has 1 heterocycles. The number of ether oxygens (including phenoxy) is 1. The Morgan fingerprint density at radius 2 is 1.93 bits per heavy atom. The van der Waals surface area contributed by atoms with Crippen molar-refractivity contribution in [2.75, 3.05) is 47.1 Å². The summed E-state index contributed by atoms with van der Waals surface area (Å²) in [5.74, 6) is -0.0247. The average molecular weight is 759 g/mol. The van der Waals surface area contributed by atoms with E-state index in [1.807, 2.05) is 26.1 Å². The van der Waals surface area contributed by atoms with Crippen LogP contribution in [-0.2, 0) is 22.4 Å². The fourth-order valence-electron chi connectivity index (χ4n) is 10.9. The molecule has 55 heavy (non-hydrogen) atoms. The number of aliphatic hydroxyl groups excluding tert-OH is 3. The molecular weight excluding hydrogens is 689 g/mol. The number of benzene rings is 1. The minimum atomic E-state index is -1.17. The third-order valence-corrected chi connectivity index (χ3v) is 14.0. The third kappa shape index (κ3) is 9.72. The zero-order chi connectivity index (χ0) is 39.6. The van der Waals surface area contributed by atoms with Crippen molar-refractivity contribution in [3.63, 3.8) is 0 Å². The molecule has 1 aromatic carbocycles. The second-order valence-corrected chi connectivity index (χ2v) is 17.4. The molecule has 0 radical (unpaired) electrons. The first-order valence-corrected chi connectivity index (χ1v) is 21.0. The number of allylic oxidation sites excluding steroid dienone is 7. The van der Waals surface area contributed by atoms with Gasteiger partial charge in [0.25, 0.3) is 0 Å². The maximum absolute atomic E-state index is 12.5. The molecule has 1 aliphatic heterocycles. The molecule has 6 N–H and O–H groups in total. The summed E-state index contributed by atoms with van der Waals surface area (Å²) in [5.41, 5.74) is 5.39. The fraction of sp³-hybridized carbons (Fsp3) is 0.638. The number of aldehydes is 1. The lowest BCUT2D eigenvalue weighted by molar-refractivity contribution is -0.180. The summed E-state index contributed by atoms with van der Waals surface area (Å²) in [5, 5.41) is 52.8. The summed E-state index contributed by atoms with van der Waals surface area (Å²) >= 11 is 0. The molecule has 2 saturated carbocycles. The van der Waals surface area contributed by atoms with Crippen molar-refractivity contribution in [1.29, 1.82) is 0 Å². The molecule has 0 aromatic heterocycles. The van der Waals surface area contributed by atoms with E-state index in [1.54, 1.807) is 7.11 Å². The van der Waals surface area contributed by atoms with Crippen molar-refractivity contribution < 1.29 is 30.0 Å². The van der Waals surface area contributed by atoms with E-state index in [0.29, 0.717) is 63.0 Å². The highest BCUT2D eigenvalue weighted by Crippen LogP contribution is 2.64. The van der Waals surface area contributed by atoms with Gasteiger partial charge < -0.3 is 35.8 Å². The van der Waals surface area contributed by atoms with E-state index in [2.05, 4.69) is 60.6 Å². The number of hydrogen-bond acceptors (Lipinski definition) is 8. The van der Waals surface area contributed by atoms with Gasteiger partial charge in [-0.2, -0.15) is 0 Å². The Morgan fingerprint density at radius 1 is 1.13 bits per heavy atom. The molecule has 1 spiro atoms. The van der Waals surface area contributed by atoms with Crippen LogP contribution in [0.1, 0.15) is 95.6 Å². The smallest absolute Gasteiger partial charge is 0.145 e. The molecule has 0 amide bonds. The van der Waals surface area contributed by atoms with Crippen LogP contribution in [0.15, 0.2) is 83.0 Å². The van der Waals surface area contributed by atoms with Gasteiger partial charge in [-0.3, -0.25) is 4.79 Å². The van der Waals surface area contributed by atoms with E-state index < -0.39 is 17.1 Å². The van der Waals surface area contributed by atoms with Crippen LogP contribution in [0.3, 0.4) is 0 Å². The normalized spacial score (nSPS) is 33.9. The molecule has 0 saturated heterocycles. The van der Waals surface area contributed by atoms with Crippen LogP contribution in [0.4, 0.5) is 0 Å². The van der Waals surface area contributed by atoms with Crippen LogP contribution in [0, 0.1) is 29.1 Å². The highest BCUT2D eigenvalue weighted by atomic mass is 16.5. The molecule has 4 aliphatic rings. The van der Waals surface area contributed by atoms with E-state index in [4.69, 9.17) is 4.74 Å². The zero-order valence-corrected chi connectivity index (χ0v) is 34.1. The first-order chi connectivity index (χ1) is 26.5. The maximum atomic E-state index is 12.5. The molecule has 8 nitrogen and oxygen atoms in total. The van der Waals surface area contributed by atoms with Crippen molar-refractivity contribution in [3.05, 3.63) is 94.1 Å². The van der Waals surface area contributed by atoms with Gasteiger partial charge in [-0.05, 0) is 151 Å². The molecule has 1 aromatic rings. The third-order valence-electron chi connectivity index (χ3n) is 14.0. The number of aliphatic hydroxyl groups is 4. The summed E-state index contributed by atoms with van der Waals surface area (Å²) in [7, 11) is 3.64. The van der Waals surface area contributed by atoms with Crippen LogP contribution >= 0.6 is 0 Å². The van der Waals surface area contributed by atoms with E-state index >= 15 is 0 Å².